The van der Waals surface area contributed by atoms with Gasteiger partial charge in [0.15, 0.2) is 0 Å². The van der Waals surface area contributed by atoms with Crippen LogP contribution in [-0.2, 0) is 0 Å². The van der Waals surface area contributed by atoms with Crippen molar-refractivity contribution in [1.29, 1.82) is 0 Å². The van der Waals surface area contributed by atoms with E-state index in [-0.39, 0.29) is 5.91 Å². The second kappa shape index (κ2) is 4.29. The summed E-state index contributed by atoms with van der Waals surface area (Å²) < 4.78 is 0. The van der Waals surface area contributed by atoms with Crippen molar-refractivity contribution < 1.29 is 4.79 Å². The molecule has 0 fully saturated rings. The van der Waals surface area contributed by atoms with Crippen LogP contribution >= 0.6 is 0 Å². The van der Waals surface area contributed by atoms with Gasteiger partial charge in [-0.25, -0.2) is 0 Å². The maximum atomic E-state index is 11.9. The summed E-state index contributed by atoms with van der Waals surface area (Å²) in [7, 11) is 0. The molecule has 0 atom stereocenters. The molecule has 18 heavy (non-hydrogen) atoms. The first kappa shape index (κ1) is 10.5. The standard InChI is InChI=1S/C13H10N4O/c18-13(11-6-8-15-17-11)16-10-5-1-3-9-4-2-7-14-12(9)10/h1-8H,(H,15,17)(H,16,18). The van der Waals surface area contributed by atoms with E-state index in [0.717, 1.165) is 10.9 Å². The number of aromatic amines is 1. The molecule has 1 aromatic carbocycles. The van der Waals surface area contributed by atoms with Gasteiger partial charge in [0.25, 0.3) is 5.91 Å². The van der Waals surface area contributed by atoms with Crippen LogP contribution in [0.5, 0.6) is 0 Å². The second-order valence-corrected chi connectivity index (χ2v) is 3.81. The van der Waals surface area contributed by atoms with E-state index in [1.807, 2.05) is 30.3 Å². The van der Waals surface area contributed by atoms with Crippen molar-refractivity contribution in [3.05, 3.63) is 54.5 Å². The summed E-state index contributed by atoms with van der Waals surface area (Å²) in [4.78, 5) is 16.2. The zero-order valence-electron chi connectivity index (χ0n) is 9.42. The maximum absolute atomic E-state index is 11.9. The molecule has 0 saturated heterocycles. The highest BCUT2D eigenvalue weighted by Gasteiger charge is 2.09. The maximum Gasteiger partial charge on any atom is 0.273 e. The van der Waals surface area contributed by atoms with Gasteiger partial charge < -0.3 is 5.32 Å². The molecule has 3 aromatic rings. The molecular weight excluding hydrogens is 228 g/mol. The Labute approximate surface area is 103 Å². The Hall–Kier alpha value is -2.69. The molecule has 5 nitrogen and oxygen atoms in total. The minimum atomic E-state index is -0.231. The van der Waals surface area contributed by atoms with Crippen LogP contribution in [0.25, 0.3) is 10.9 Å². The molecule has 0 bridgehead atoms. The first-order valence-electron chi connectivity index (χ1n) is 5.49. The monoisotopic (exact) mass is 238 g/mol. The van der Waals surface area contributed by atoms with Crippen LogP contribution in [-0.4, -0.2) is 21.1 Å². The minimum Gasteiger partial charge on any atom is -0.319 e. The summed E-state index contributed by atoms with van der Waals surface area (Å²) in [6.45, 7) is 0. The van der Waals surface area contributed by atoms with E-state index < -0.39 is 0 Å². The van der Waals surface area contributed by atoms with E-state index in [9.17, 15) is 4.79 Å². The SMILES string of the molecule is O=C(Nc1cccc2cccnc12)c1ccn[nH]1. The largest absolute Gasteiger partial charge is 0.319 e. The zero-order valence-corrected chi connectivity index (χ0v) is 9.42. The highest BCUT2D eigenvalue weighted by molar-refractivity contribution is 6.07. The molecule has 0 saturated carbocycles. The van der Waals surface area contributed by atoms with E-state index in [0.29, 0.717) is 11.4 Å². The quantitative estimate of drug-likeness (QED) is 0.719. The summed E-state index contributed by atoms with van der Waals surface area (Å²) in [5.74, 6) is -0.231. The number of carbonyl (C=O) groups is 1. The third-order valence-electron chi connectivity index (χ3n) is 2.63. The molecule has 0 unspecified atom stereocenters. The third kappa shape index (κ3) is 1.82. The molecule has 0 aliphatic rings. The predicted molar refractivity (Wildman–Crippen MR) is 68.3 cm³/mol. The lowest BCUT2D eigenvalue weighted by atomic mass is 10.2. The Bertz CT molecular complexity index is 686. The number of benzene rings is 1. The Morgan fingerprint density at radius 2 is 2.00 bits per heavy atom. The van der Waals surface area contributed by atoms with Crippen molar-refractivity contribution in [3.63, 3.8) is 0 Å². The number of amides is 1. The van der Waals surface area contributed by atoms with Gasteiger partial charge in [0.2, 0.25) is 0 Å². The normalized spacial score (nSPS) is 10.4. The molecule has 2 N–H and O–H groups in total. The van der Waals surface area contributed by atoms with Gasteiger partial charge in [-0.15, -0.1) is 0 Å². The lowest BCUT2D eigenvalue weighted by molar-refractivity contribution is 0.102. The van der Waals surface area contributed by atoms with Gasteiger partial charge >= 0.3 is 0 Å². The topological polar surface area (TPSA) is 70.7 Å². The zero-order chi connectivity index (χ0) is 12.4. The van der Waals surface area contributed by atoms with E-state index >= 15 is 0 Å². The molecule has 3 rings (SSSR count). The summed E-state index contributed by atoms with van der Waals surface area (Å²) in [6, 6.07) is 11.1. The number of anilines is 1. The molecule has 0 aliphatic heterocycles. The molecule has 2 aromatic heterocycles. The van der Waals surface area contributed by atoms with Gasteiger partial charge in [-0.2, -0.15) is 5.10 Å². The van der Waals surface area contributed by atoms with Crippen LogP contribution in [0.4, 0.5) is 5.69 Å². The Morgan fingerprint density at radius 1 is 1.11 bits per heavy atom. The number of carbonyl (C=O) groups excluding carboxylic acids is 1. The van der Waals surface area contributed by atoms with Crippen LogP contribution in [0, 0.1) is 0 Å². The van der Waals surface area contributed by atoms with Crippen LogP contribution in [0.2, 0.25) is 0 Å². The van der Waals surface area contributed by atoms with Crippen molar-refractivity contribution in [2.75, 3.05) is 5.32 Å². The average molecular weight is 238 g/mol. The predicted octanol–water partition coefficient (Wildman–Crippen LogP) is 2.21. The van der Waals surface area contributed by atoms with Crippen molar-refractivity contribution in [3.8, 4) is 0 Å². The van der Waals surface area contributed by atoms with Crippen molar-refractivity contribution in [1.82, 2.24) is 15.2 Å². The fourth-order valence-electron chi connectivity index (χ4n) is 1.78. The number of fused-ring (bicyclic) bond motifs is 1. The van der Waals surface area contributed by atoms with Gasteiger partial charge in [-0.05, 0) is 18.2 Å². The molecule has 1 amide bonds. The number of nitrogens with zero attached hydrogens (tertiary/aromatic N) is 2. The van der Waals surface area contributed by atoms with Gasteiger partial charge in [0.05, 0.1) is 11.2 Å². The number of hydrogen-bond acceptors (Lipinski definition) is 3. The second-order valence-electron chi connectivity index (χ2n) is 3.81. The Morgan fingerprint density at radius 3 is 2.83 bits per heavy atom. The molecule has 0 radical (unpaired) electrons. The van der Waals surface area contributed by atoms with Gasteiger partial charge in [-0.1, -0.05) is 18.2 Å². The molecular formula is C13H10N4O. The first-order chi connectivity index (χ1) is 8.84. The smallest absolute Gasteiger partial charge is 0.273 e. The molecule has 88 valence electrons. The third-order valence-corrected chi connectivity index (χ3v) is 2.63. The van der Waals surface area contributed by atoms with Crippen LogP contribution in [0.1, 0.15) is 10.5 Å². The number of nitrogens with one attached hydrogen (secondary N) is 2. The summed E-state index contributed by atoms with van der Waals surface area (Å²) in [5.41, 5.74) is 1.88. The van der Waals surface area contributed by atoms with Crippen LogP contribution < -0.4 is 5.32 Å². The van der Waals surface area contributed by atoms with Crippen LogP contribution in [0.3, 0.4) is 0 Å². The highest BCUT2D eigenvalue weighted by atomic mass is 16.1. The molecule has 2 heterocycles. The molecule has 0 aliphatic carbocycles. The van der Waals surface area contributed by atoms with Gasteiger partial charge in [0.1, 0.15) is 5.69 Å². The van der Waals surface area contributed by atoms with E-state index in [2.05, 4.69) is 20.5 Å². The number of pyridine rings is 1. The van der Waals surface area contributed by atoms with Crippen molar-refractivity contribution in [2.24, 2.45) is 0 Å². The minimum absolute atomic E-state index is 0.231. The van der Waals surface area contributed by atoms with Crippen LogP contribution in [0.15, 0.2) is 48.8 Å². The van der Waals surface area contributed by atoms with E-state index in [1.165, 1.54) is 6.20 Å². The van der Waals surface area contributed by atoms with Gasteiger partial charge in [-0.3, -0.25) is 14.9 Å². The van der Waals surface area contributed by atoms with Gasteiger partial charge in [0, 0.05) is 17.8 Å². The lowest BCUT2D eigenvalue weighted by Crippen LogP contribution is -2.12. The van der Waals surface area contributed by atoms with E-state index in [4.69, 9.17) is 0 Å². The fraction of sp³-hybridized carbons (Fsp3) is 0. The first-order valence-corrected chi connectivity index (χ1v) is 5.49. The highest BCUT2D eigenvalue weighted by Crippen LogP contribution is 2.20. The average Bonchev–Trinajstić information content (AvgIpc) is 2.93. The van der Waals surface area contributed by atoms with Crippen molar-refractivity contribution in [2.45, 2.75) is 0 Å². The fourth-order valence-corrected chi connectivity index (χ4v) is 1.78. The summed E-state index contributed by atoms with van der Waals surface area (Å²) in [6.07, 6.45) is 3.24. The van der Waals surface area contributed by atoms with Crippen molar-refractivity contribution >= 4 is 22.5 Å². The summed E-state index contributed by atoms with van der Waals surface area (Å²) in [5, 5.41) is 10.2. The lowest BCUT2D eigenvalue weighted by Gasteiger charge is -2.06. The summed E-state index contributed by atoms with van der Waals surface area (Å²) >= 11 is 0. The Balaban J connectivity index is 1.98. The number of hydrogen-bond donors (Lipinski definition) is 2. The molecule has 5 heteroatoms. The number of aromatic nitrogens is 3. The van der Waals surface area contributed by atoms with E-state index in [1.54, 1.807) is 12.3 Å². The molecule has 0 spiro atoms. The number of rotatable bonds is 2. The number of H-pyrrole nitrogens is 1. The Kier molecular flexibility index (Phi) is 2.49. The number of para-hydroxylation sites is 1.